The molecule has 1 aromatic carbocycles. The standard InChI is InChI=1S/C21H25N3O2S/c1-27(26,23-14-17-8-2-3-11-22-17)24-21(25)13-20-18-9-4-6-15(18)12-16-7-5-10-19(16)20/h2-3,8,11-12H,4-7,9-10,13-14H2,1H3,(H,23,24,25,26). The molecule has 2 aliphatic rings. The number of carbonyl (C=O) groups excluding carboxylic acids is 1. The number of hydrogen-bond acceptors (Lipinski definition) is 3. The summed E-state index contributed by atoms with van der Waals surface area (Å²) in [4.78, 5) is 16.8. The summed E-state index contributed by atoms with van der Waals surface area (Å²) < 4.78 is 19.6. The van der Waals surface area contributed by atoms with Gasteiger partial charge < -0.3 is 0 Å². The Balaban J connectivity index is 1.53. The Morgan fingerprint density at radius 3 is 2.48 bits per heavy atom. The molecule has 27 heavy (non-hydrogen) atoms. The van der Waals surface area contributed by atoms with Gasteiger partial charge >= 0.3 is 0 Å². The van der Waals surface area contributed by atoms with Crippen LogP contribution in [0.5, 0.6) is 0 Å². The molecule has 5 nitrogen and oxygen atoms in total. The van der Waals surface area contributed by atoms with Crippen molar-refractivity contribution in [3.63, 3.8) is 0 Å². The summed E-state index contributed by atoms with van der Waals surface area (Å²) in [7, 11) is -2.79. The van der Waals surface area contributed by atoms with Gasteiger partial charge in [-0.25, -0.2) is 8.93 Å². The fraction of sp³-hybridized carbons (Fsp3) is 0.429. The Morgan fingerprint density at radius 2 is 1.85 bits per heavy atom. The molecule has 1 amide bonds. The number of aryl methyl sites for hydroxylation is 2. The van der Waals surface area contributed by atoms with Gasteiger partial charge in [-0.3, -0.25) is 9.78 Å². The van der Waals surface area contributed by atoms with Crippen molar-refractivity contribution in [2.24, 2.45) is 4.36 Å². The van der Waals surface area contributed by atoms with Crippen LogP contribution in [-0.4, -0.2) is 21.4 Å². The fourth-order valence-electron chi connectivity index (χ4n) is 4.27. The highest BCUT2D eigenvalue weighted by molar-refractivity contribution is 7.91. The van der Waals surface area contributed by atoms with E-state index in [0.29, 0.717) is 6.54 Å². The molecule has 1 aromatic heterocycles. The van der Waals surface area contributed by atoms with Crippen molar-refractivity contribution in [3.05, 3.63) is 64.0 Å². The minimum absolute atomic E-state index is 0.265. The number of nitrogens with one attached hydrogen (secondary N) is 1. The predicted molar refractivity (Wildman–Crippen MR) is 107 cm³/mol. The molecule has 4 rings (SSSR count). The molecule has 0 saturated heterocycles. The normalized spacial score (nSPS) is 17.2. The first-order valence-electron chi connectivity index (χ1n) is 9.57. The van der Waals surface area contributed by atoms with E-state index >= 15 is 0 Å². The van der Waals surface area contributed by atoms with Crippen LogP contribution in [0.2, 0.25) is 0 Å². The second-order valence-electron chi connectivity index (χ2n) is 7.44. The molecule has 0 spiro atoms. The lowest BCUT2D eigenvalue weighted by Gasteiger charge is -2.14. The van der Waals surface area contributed by atoms with Crippen molar-refractivity contribution in [1.82, 2.24) is 9.71 Å². The number of amides is 1. The number of hydrogen-bond donors (Lipinski definition) is 1. The number of fused-ring (bicyclic) bond motifs is 2. The second kappa shape index (κ2) is 7.52. The maximum Gasteiger partial charge on any atom is 0.259 e. The molecule has 2 aliphatic carbocycles. The molecule has 1 unspecified atom stereocenters. The summed E-state index contributed by atoms with van der Waals surface area (Å²) in [6.45, 7) is 0.323. The van der Waals surface area contributed by atoms with Crippen molar-refractivity contribution in [1.29, 1.82) is 0 Å². The molecule has 0 saturated carbocycles. The number of benzene rings is 1. The summed E-state index contributed by atoms with van der Waals surface area (Å²) >= 11 is 0. The van der Waals surface area contributed by atoms with Crippen LogP contribution in [0.4, 0.5) is 0 Å². The van der Waals surface area contributed by atoms with E-state index in [1.807, 2.05) is 18.2 Å². The molecule has 142 valence electrons. The smallest absolute Gasteiger partial charge is 0.259 e. The SMILES string of the molecule is CS(=O)(=NC(=O)Cc1c2c(cc3c1CCC3)CCC2)NCc1ccccn1. The Labute approximate surface area is 160 Å². The Morgan fingerprint density at radius 1 is 1.15 bits per heavy atom. The zero-order valence-corrected chi connectivity index (χ0v) is 16.5. The van der Waals surface area contributed by atoms with E-state index in [9.17, 15) is 9.00 Å². The third kappa shape index (κ3) is 4.12. The number of aromatic nitrogens is 1. The van der Waals surface area contributed by atoms with Gasteiger partial charge in [0, 0.05) is 12.5 Å². The van der Waals surface area contributed by atoms with E-state index < -0.39 is 9.92 Å². The molecule has 1 atom stereocenters. The van der Waals surface area contributed by atoms with Gasteiger partial charge in [0.15, 0.2) is 0 Å². The van der Waals surface area contributed by atoms with Gasteiger partial charge in [0.1, 0.15) is 9.92 Å². The summed E-state index contributed by atoms with van der Waals surface area (Å²) in [5.41, 5.74) is 7.46. The minimum atomic E-state index is -2.79. The van der Waals surface area contributed by atoms with Gasteiger partial charge in [0.25, 0.3) is 5.91 Å². The highest BCUT2D eigenvalue weighted by Crippen LogP contribution is 2.35. The van der Waals surface area contributed by atoms with Gasteiger partial charge in [-0.15, -0.1) is 4.36 Å². The van der Waals surface area contributed by atoms with Crippen molar-refractivity contribution >= 4 is 15.8 Å². The first-order valence-corrected chi connectivity index (χ1v) is 11.5. The highest BCUT2D eigenvalue weighted by atomic mass is 32.2. The quantitative estimate of drug-likeness (QED) is 0.863. The molecular weight excluding hydrogens is 358 g/mol. The summed E-state index contributed by atoms with van der Waals surface area (Å²) in [5, 5.41) is 0. The highest BCUT2D eigenvalue weighted by Gasteiger charge is 2.25. The van der Waals surface area contributed by atoms with E-state index in [1.54, 1.807) is 6.20 Å². The largest absolute Gasteiger partial charge is 0.272 e. The van der Waals surface area contributed by atoms with Crippen molar-refractivity contribution in [2.75, 3.05) is 6.26 Å². The molecule has 0 fully saturated rings. The lowest BCUT2D eigenvalue weighted by Crippen LogP contribution is -2.23. The second-order valence-corrected chi connectivity index (χ2v) is 9.52. The molecule has 0 bridgehead atoms. The van der Waals surface area contributed by atoms with E-state index in [2.05, 4.69) is 20.1 Å². The van der Waals surface area contributed by atoms with Crippen LogP contribution in [0, 0.1) is 0 Å². The van der Waals surface area contributed by atoms with Crippen molar-refractivity contribution in [3.8, 4) is 0 Å². The Hall–Kier alpha value is -2.05. The van der Waals surface area contributed by atoms with Crippen LogP contribution < -0.4 is 4.72 Å². The third-order valence-electron chi connectivity index (χ3n) is 5.45. The first-order chi connectivity index (χ1) is 13.0. The van der Waals surface area contributed by atoms with Gasteiger partial charge in [-0.05, 0) is 78.5 Å². The maximum absolute atomic E-state index is 12.7. The van der Waals surface area contributed by atoms with Gasteiger partial charge in [-0.2, -0.15) is 0 Å². The van der Waals surface area contributed by atoms with Gasteiger partial charge in [0.05, 0.1) is 18.7 Å². The molecular formula is C21H25N3O2S. The first kappa shape index (κ1) is 18.3. The van der Waals surface area contributed by atoms with Crippen molar-refractivity contribution in [2.45, 2.75) is 51.5 Å². The van der Waals surface area contributed by atoms with E-state index in [0.717, 1.165) is 44.2 Å². The molecule has 6 heteroatoms. The van der Waals surface area contributed by atoms with Crippen LogP contribution in [-0.2, 0) is 53.4 Å². The Bertz CT molecular complexity index is 960. The Kier molecular flexibility index (Phi) is 5.10. The number of nitrogens with zero attached hydrogens (tertiary/aromatic N) is 2. The average molecular weight is 384 g/mol. The van der Waals surface area contributed by atoms with E-state index in [4.69, 9.17) is 0 Å². The molecule has 0 radical (unpaired) electrons. The van der Waals surface area contributed by atoms with Crippen LogP contribution in [0.1, 0.15) is 46.4 Å². The molecule has 2 aromatic rings. The van der Waals surface area contributed by atoms with E-state index in [-0.39, 0.29) is 12.3 Å². The third-order valence-corrected chi connectivity index (χ3v) is 6.68. The molecule has 1 N–H and O–H groups in total. The minimum Gasteiger partial charge on any atom is -0.272 e. The zero-order chi connectivity index (χ0) is 18.9. The summed E-state index contributed by atoms with van der Waals surface area (Å²) in [5.74, 6) is -0.301. The van der Waals surface area contributed by atoms with Crippen LogP contribution in [0.25, 0.3) is 0 Å². The van der Waals surface area contributed by atoms with Crippen LogP contribution >= 0.6 is 0 Å². The summed E-state index contributed by atoms with van der Waals surface area (Å²) in [6, 6.07) is 7.91. The lowest BCUT2D eigenvalue weighted by molar-refractivity contribution is -0.117. The van der Waals surface area contributed by atoms with Gasteiger partial charge in [-0.1, -0.05) is 12.1 Å². The average Bonchev–Trinajstić information content (AvgIpc) is 3.29. The number of carbonyl (C=O) groups is 1. The lowest BCUT2D eigenvalue weighted by atomic mass is 9.92. The van der Waals surface area contributed by atoms with Gasteiger partial charge in [0.2, 0.25) is 0 Å². The maximum atomic E-state index is 12.7. The number of pyridine rings is 1. The zero-order valence-electron chi connectivity index (χ0n) is 15.7. The molecule has 0 aliphatic heterocycles. The summed E-state index contributed by atoms with van der Waals surface area (Å²) in [6.07, 6.45) is 10.1. The predicted octanol–water partition coefficient (Wildman–Crippen LogP) is 2.93. The van der Waals surface area contributed by atoms with Crippen LogP contribution in [0.15, 0.2) is 34.8 Å². The monoisotopic (exact) mass is 383 g/mol. The molecule has 1 heterocycles. The van der Waals surface area contributed by atoms with Crippen LogP contribution in [0.3, 0.4) is 0 Å². The topological polar surface area (TPSA) is 71.4 Å². The van der Waals surface area contributed by atoms with E-state index in [1.165, 1.54) is 34.1 Å². The number of rotatable bonds is 5. The fourth-order valence-corrected chi connectivity index (χ4v) is 5.20. The van der Waals surface area contributed by atoms with Crippen molar-refractivity contribution < 1.29 is 9.00 Å².